The van der Waals surface area contributed by atoms with Gasteiger partial charge in [0.15, 0.2) is 9.83 Å². The first-order valence-corrected chi connectivity index (χ1v) is 9.47. The molecule has 1 aromatic carbocycles. The van der Waals surface area contributed by atoms with Gasteiger partial charge in [-0.05, 0) is 31.9 Å². The maximum atomic E-state index is 9.63. The molecule has 10 heteroatoms. The molecule has 0 unspecified atom stereocenters. The lowest BCUT2D eigenvalue weighted by Gasteiger charge is -2.03. The first-order chi connectivity index (χ1) is 8.32. The minimum absolute atomic E-state index is 0.422. The Morgan fingerprint density at radius 1 is 0.895 bits per heavy atom. The highest BCUT2D eigenvalue weighted by Gasteiger charge is 2.17. The predicted octanol–water partition coefficient (Wildman–Crippen LogP) is 1.64. The van der Waals surface area contributed by atoms with E-state index in [0.29, 0.717) is 5.75 Å². The van der Waals surface area contributed by atoms with Crippen molar-refractivity contribution in [3.63, 3.8) is 0 Å². The second-order valence-electron chi connectivity index (χ2n) is 3.67. The normalized spacial score (nSPS) is 11.6. The molecule has 0 aliphatic heterocycles. The van der Waals surface area contributed by atoms with Crippen LogP contribution in [0.15, 0.2) is 12.1 Å². The predicted molar refractivity (Wildman–Crippen MR) is 73.0 cm³/mol. The van der Waals surface area contributed by atoms with Crippen molar-refractivity contribution in [2.75, 3.05) is 0 Å². The average Bonchev–Trinajstić information content (AvgIpc) is 2.08. The molecular formula is C9H14O7S3. The Balaban J connectivity index is 0.000000344. The van der Waals surface area contributed by atoms with E-state index in [9.17, 15) is 21.9 Å². The molecule has 1 aromatic rings. The van der Waals surface area contributed by atoms with E-state index in [0.717, 1.165) is 11.1 Å². The molecule has 0 radical (unpaired) electrons. The Labute approximate surface area is 115 Å². The summed E-state index contributed by atoms with van der Waals surface area (Å²) in [7, 11) is -10.3. The van der Waals surface area contributed by atoms with Gasteiger partial charge in [0.2, 0.25) is 0 Å². The standard InChI is InChI=1S/C9H12O.H2O6S3/c1-6-4-7(2)9(10)8(3)5-6;1-8(2,3)7-9(4,5)6/h4-5,10H,1-3H3;(H,1,2,3)(H,4,5,6). The average molecular weight is 330 g/mol. The van der Waals surface area contributed by atoms with Crippen LogP contribution in [0, 0.1) is 20.8 Å². The van der Waals surface area contributed by atoms with E-state index in [-0.39, 0.29) is 0 Å². The lowest BCUT2D eigenvalue weighted by molar-refractivity contribution is 0.466. The van der Waals surface area contributed by atoms with Gasteiger partial charge in [0, 0.05) is 0 Å². The summed E-state index contributed by atoms with van der Waals surface area (Å²) in [6, 6.07) is 3.95. The molecular weight excluding hydrogens is 316 g/mol. The van der Waals surface area contributed by atoms with Crippen LogP contribution in [0.3, 0.4) is 0 Å². The van der Waals surface area contributed by atoms with Gasteiger partial charge in [-0.2, -0.15) is 16.8 Å². The molecule has 0 aromatic heterocycles. The van der Waals surface area contributed by atoms with E-state index in [1.165, 1.54) is 5.56 Å². The second kappa shape index (κ2) is 6.57. The second-order valence-corrected chi connectivity index (χ2v) is 9.68. The number of rotatable bonds is 2. The topological polar surface area (TPSA) is 129 Å². The lowest BCUT2D eigenvalue weighted by atomic mass is 10.1. The van der Waals surface area contributed by atoms with Crippen molar-refractivity contribution in [3.05, 3.63) is 28.8 Å². The third-order valence-corrected chi connectivity index (χ3v) is 6.28. The summed E-state index contributed by atoms with van der Waals surface area (Å²) in [6.45, 7) is 5.85. The summed E-state index contributed by atoms with van der Waals surface area (Å²) < 4.78 is 54.0. The first kappa shape index (κ1) is 18.2. The largest absolute Gasteiger partial charge is 0.507 e. The fraction of sp³-hybridized carbons (Fsp3) is 0.333. The molecule has 3 N–H and O–H groups in total. The van der Waals surface area contributed by atoms with Crippen LogP contribution in [0.1, 0.15) is 16.7 Å². The Hall–Kier alpha value is -0.810. The number of hydrogen-bond donors (Lipinski definition) is 3. The molecule has 0 heterocycles. The molecule has 0 aliphatic rings. The molecule has 0 spiro atoms. The number of phenolic OH excluding ortho intramolecular Hbond substituents is 1. The highest BCUT2D eigenvalue weighted by molar-refractivity contribution is 9.02. The van der Waals surface area contributed by atoms with E-state index < -0.39 is 28.1 Å². The third kappa shape index (κ3) is 8.83. The number of benzene rings is 1. The van der Waals surface area contributed by atoms with Crippen molar-refractivity contribution in [2.24, 2.45) is 0 Å². The number of aryl methyl sites for hydroxylation is 3. The molecule has 0 amide bonds. The quantitative estimate of drug-likeness (QED) is 0.551. The van der Waals surface area contributed by atoms with Gasteiger partial charge < -0.3 is 5.11 Å². The number of hydrogen-bond acceptors (Lipinski definition) is 6. The zero-order valence-electron chi connectivity index (χ0n) is 10.4. The lowest BCUT2D eigenvalue weighted by Crippen LogP contribution is -1.97. The zero-order valence-corrected chi connectivity index (χ0v) is 12.8. The zero-order chi connectivity index (χ0) is 15.4. The monoisotopic (exact) mass is 330 g/mol. The van der Waals surface area contributed by atoms with Crippen LogP contribution in [-0.2, 0) is 18.3 Å². The van der Waals surface area contributed by atoms with Crippen LogP contribution < -0.4 is 0 Å². The van der Waals surface area contributed by atoms with Gasteiger partial charge in [0.25, 0.3) is 0 Å². The highest BCUT2D eigenvalue weighted by atomic mass is 33.5. The van der Waals surface area contributed by atoms with E-state index in [4.69, 9.17) is 9.11 Å². The Morgan fingerprint density at radius 2 is 1.21 bits per heavy atom. The van der Waals surface area contributed by atoms with Gasteiger partial charge in [-0.25, -0.2) is 0 Å². The first-order valence-electron chi connectivity index (χ1n) is 4.74. The SMILES string of the molecule is Cc1cc(C)c(O)c(C)c1.O=S(=O)(O)SS(=O)(=O)O. The van der Waals surface area contributed by atoms with Crippen LogP contribution in [0.5, 0.6) is 5.75 Å². The summed E-state index contributed by atoms with van der Waals surface area (Å²) in [4.78, 5) is 0. The van der Waals surface area contributed by atoms with Crippen LogP contribution in [0.25, 0.3) is 0 Å². The van der Waals surface area contributed by atoms with Crippen LogP contribution >= 0.6 is 9.83 Å². The minimum Gasteiger partial charge on any atom is -0.507 e. The van der Waals surface area contributed by atoms with Crippen LogP contribution in [0.2, 0.25) is 0 Å². The summed E-state index contributed by atoms with van der Waals surface area (Å²) in [5.41, 5.74) is 3.11. The van der Waals surface area contributed by atoms with Crippen LogP contribution in [-0.4, -0.2) is 31.0 Å². The molecule has 0 aliphatic carbocycles. The van der Waals surface area contributed by atoms with E-state index in [1.54, 1.807) is 0 Å². The maximum absolute atomic E-state index is 9.63. The molecule has 0 saturated carbocycles. The maximum Gasteiger partial charge on any atom is 0.336 e. The van der Waals surface area contributed by atoms with Gasteiger partial charge in [0.05, 0.1) is 0 Å². The number of aromatic hydroxyl groups is 1. The van der Waals surface area contributed by atoms with Crippen molar-refractivity contribution < 1.29 is 31.0 Å². The Bertz CT molecular complexity index is 593. The van der Waals surface area contributed by atoms with Gasteiger partial charge in [-0.15, -0.1) is 0 Å². The Kier molecular flexibility index (Phi) is 6.29. The van der Waals surface area contributed by atoms with Gasteiger partial charge >= 0.3 is 18.3 Å². The fourth-order valence-corrected chi connectivity index (χ4v) is 4.11. The molecule has 0 bridgehead atoms. The summed E-state index contributed by atoms with van der Waals surface area (Å²) in [6.07, 6.45) is 0. The van der Waals surface area contributed by atoms with Crippen molar-refractivity contribution in [1.29, 1.82) is 0 Å². The number of phenols is 1. The smallest absolute Gasteiger partial charge is 0.336 e. The van der Waals surface area contributed by atoms with Crippen molar-refractivity contribution in [3.8, 4) is 5.75 Å². The molecule has 1 rings (SSSR count). The molecule has 7 nitrogen and oxygen atoms in total. The Morgan fingerprint density at radius 3 is 1.42 bits per heavy atom. The van der Waals surface area contributed by atoms with Crippen molar-refractivity contribution >= 4 is 28.1 Å². The van der Waals surface area contributed by atoms with E-state index in [1.807, 2.05) is 32.9 Å². The van der Waals surface area contributed by atoms with Gasteiger partial charge in [-0.1, -0.05) is 17.7 Å². The van der Waals surface area contributed by atoms with Crippen LogP contribution in [0.4, 0.5) is 0 Å². The molecule has 19 heavy (non-hydrogen) atoms. The summed E-state index contributed by atoms with van der Waals surface area (Å²) in [5.74, 6) is 0.422. The van der Waals surface area contributed by atoms with Gasteiger partial charge in [0.1, 0.15) is 5.75 Å². The molecule has 0 fully saturated rings. The fourth-order valence-electron chi connectivity index (χ4n) is 1.28. The third-order valence-electron chi connectivity index (χ3n) is 1.81. The minimum atomic E-state index is -4.70. The molecule has 0 atom stereocenters. The molecule has 110 valence electrons. The molecule has 0 saturated heterocycles. The van der Waals surface area contributed by atoms with Crippen molar-refractivity contribution in [2.45, 2.75) is 20.8 Å². The summed E-state index contributed by atoms with van der Waals surface area (Å²) in [5, 5.41) is 9.33. The highest BCUT2D eigenvalue weighted by Crippen LogP contribution is 2.21. The van der Waals surface area contributed by atoms with Gasteiger partial charge in [-0.3, -0.25) is 9.11 Å². The van der Waals surface area contributed by atoms with Crippen molar-refractivity contribution in [1.82, 2.24) is 0 Å². The van der Waals surface area contributed by atoms with E-state index >= 15 is 0 Å². The summed E-state index contributed by atoms with van der Waals surface area (Å²) >= 11 is 0. The van der Waals surface area contributed by atoms with E-state index in [2.05, 4.69) is 0 Å².